The molecule has 0 N–H and O–H groups in total. The van der Waals surface area contributed by atoms with E-state index in [0.717, 1.165) is 0 Å². The van der Waals surface area contributed by atoms with Gasteiger partial charge in [0.15, 0.2) is 0 Å². The summed E-state index contributed by atoms with van der Waals surface area (Å²) in [6.45, 7) is 2.60. The van der Waals surface area contributed by atoms with Crippen LogP contribution in [0.2, 0.25) is 0 Å². The second kappa shape index (κ2) is 7.04. The van der Waals surface area contributed by atoms with Gasteiger partial charge in [0.05, 0.1) is 6.54 Å². The number of hydrogen-bond acceptors (Lipinski definition) is 6. The summed E-state index contributed by atoms with van der Waals surface area (Å²) in [6.07, 6.45) is 3.97. The third-order valence-corrected chi connectivity index (χ3v) is 3.95. The number of alkyl halides is 1. The van der Waals surface area contributed by atoms with Gasteiger partial charge in [-0.05, 0) is 31.9 Å². The van der Waals surface area contributed by atoms with E-state index in [4.69, 9.17) is 9.26 Å². The number of carbonyl (C=O) groups excluding carboxylic acids is 1. The van der Waals surface area contributed by atoms with Gasteiger partial charge in [-0.3, -0.25) is 9.78 Å². The van der Waals surface area contributed by atoms with Gasteiger partial charge in [-0.25, -0.2) is 4.39 Å². The summed E-state index contributed by atoms with van der Waals surface area (Å²) in [5.41, 5.74) is -1.19. The number of aromatic nitrogens is 3. The van der Waals surface area contributed by atoms with Crippen LogP contribution in [0, 0.1) is 0 Å². The smallest absolute Gasteiger partial charge is 0.266 e. The zero-order valence-electron chi connectivity index (χ0n) is 13.4. The standard InChI is InChI=1S/C16H19FN4O3/c1-2-23-10-13(22)21-8-4-6-16(17,11-21)15-19-14(20-24-15)12-5-3-7-18-9-12/h3,5,7,9H,2,4,6,8,10-11H2,1H3. The average Bonchev–Trinajstić information content (AvgIpc) is 3.11. The van der Waals surface area contributed by atoms with Crippen molar-refractivity contribution < 1.29 is 18.4 Å². The number of pyridine rings is 1. The molecule has 1 saturated heterocycles. The molecule has 2 aromatic rings. The highest BCUT2D eigenvalue weighted by atomic mass is 19.1. The summed E-state index contributed by atoms with van der Waals surface area (Å²) in [6, 6.07) is 3.51. The molecule has 3 rings (SSSR count). The van der Waals surface area contributed by atoms with E-state index in [1.807, 2.05) is 0 Å². The Morgan fingerprint density at radius 3 is 3.17 bits per heavy atom. The Bertz CT molecular complexity index is 694. The number of hydrogen-bond donors (Lipinski definition) is 0. The first-order valence-electron chi connectivity index (χ1n) is 7.91. The Labute approximate surface area is 138 Å². The van der Waals surface area contributed by atoms with Crippen LogP contribution >= 0.6 is 0 Å². The first kappa shape index (κ1) is 16.5. The van der Waals surface area contributed by atoms with Gasteiger partial charge in [-0.1, -0.05) is 5.16 Å². The maximum Gasteiger partial charge on any atom is 0.266 e. The normalized spacial score (nSPS) is 21.0. The number of likely N-dealkylation sites (tertiary alicyclic amines) is 1. The number of rotatable bonds is 5. The van der Waals surface area contributed by atoms with E-state index in [1.54, 1.807) is 31.5 Å². The van der Waals surface area contributed by atoms with Crippen molar-refractivity contribution in [3.05, 3.63) is 30.4 Å². The Morgan fingerprint density at radius 1 is 1.54 bits per heavy atom. The molecular weight excluding hydrogens is 315 g/mol. The first-order chi connectivity index (χ1) is 11.6. The molecule has 0 bridgehead atoms. The predicted octanol–water partition coefficient (Wildman–Crippen LogP) is 1.96. The fourth-order valence-corrected chi connectivity index (χ4v) is 2.70. The van der Waals surface area contributed by atoms with Crippen molar-refractivity contribution in [1.29, 1.82) is 0 Å². The molecule has 1 aliphatic rings. The minimum atomic E-state index is -1.84. The lowest BCUT2D eigenvalue weighted by atomic mass is 9.94. The van der Waals surface area contributed by atoms with Crippen molar-refractivity contribution in [2.24, 2.45) is 0 Å². The molecule has 1 atom stereocenters. The molecule has 1 aliphatic heterocycles. The van der Waals surface area contributed by atoms with E-state index in [0.29, 0.717) is 25.1 Å². The van der Waals surface area contributed by atoms with Gasteiger partial charge in [0.25, 0.3) is 5.89 Å². The van der Waals surface area contributed by atoms with Crippen LogP contribution in [0.4, 0.5) is 4.39 Å². The van der Waals surface area contributed by atoms with E-state index in [2.05, 4.69) is 15.1 Å². The van der Waals surface area contributed by atoms with Crippen LogP contribution < -0.4 is 0 Å². The maximum atomic E-state index is 15.3. The molecule has 24 heavy (non-hydrogen) atoms. The van der Waals surface area contributed by atoms with E-state index < -0.39 is 5.67 Å². The van der Waals surface area contributed by atoms with Gasteiger partial charge in [0.1, 0.15) is 6.61 Å². The Morgan fingerprint density at radius 2 is 2.42 bits per heavy atom. The summed E-state index contributed by atoms with van der Waals surface area (Å²) in [5, 5.41) is 3.83. The number of halogens is 1. The predicted molar refractivity (Wildman–Crippen MR) is 82.6 cm³/mol. The molecule has 0 saturated carbocycles. The lowest BCUT2D eigenvalue weighted by Crippen LogP contribution is -2.47. The van der Waals surface area contributed by atoms with Crippen LogP contribution in [0.15, 0.2) is 29.0 Å². The minimum Gasteiger partial charge on any atom is -0.372 e. The molecule has 0 aromatic carbocycles. The number of piperidine rings is 1. The van der Waals surface area contributed by atoms with Crippen LogP contribution in [0.1, 0.15) is 25.7 Å². The van der Waals surface area contributed by atoms with Gasteiger partial charge in [0, 0.05) is 31.1 Å². The van der Waals surface area contributed by atoms with Crippen LogP contribution in [-0.2, 0) is 15.2 Å². The van der Waals surface area contributed by atoms with Crippen molar-refractivity contribution in [2.75, 3.05) is 26.3 Å². The SMILES string of the molecule is CCOCC(=O)N1CCCC(F)(c2nc(-c3cccnc3)no2)C1. The van der Waals surface area contributed by atoms with E-state index in [9.17, 15) is 4.79 Å². The summed E-state index contributed by atoms with van der Waals surface area (Å²) < 4.78 is 25.6. The van der Waals surface area contributed by atoms with E-state index >= 15 is 4.39 Å². The summed E-state index contributed by atoms with van der Waals surface area (Å²) in [5.74, 6) is -0.0475. The van der Waals surface area contributed by atoms with Crippen LogP contribution in [-0.4, -0.2) is 52.2 Å². The fourth-order valence-electron chi connectivity index (χ4n) is 2.70. The lowest BCUT2D eigenvalue weighted by Gasteiger charge is -2.35. The third-order valence-electron chi connectivity index (χ3n) is 3.95. The second-order valence-corrected chi connectivity index (χ2v) is 5.69. The van der Waals surface area contributed by atoms with E-state index in [-0.39, 0.29) is 37.2 Å². The zero-order chi connectivity index (χ0) is 17.0. The number of amides is 1. The topological polar surface area (TPSA) is 81.4 Å². The van der Waals surface area contributed by atoms with E-state index in [1.165, 1.54) is 4.90 Å². The van der Waals surface area contributed by atoms with Gasteiger partial charge < -0.3 is 14.2 Å². The van der Waals surface area contributed by atoms with Gasteiger partial charge in [0.2, 0.25) is 17.4 Å². The summed E-state index contributed by atoms with van der Waals surface area (Å²) in [4.78, 5) is 21.7. The molecule has 1 fully saturated rings. The molecule has 7 nitrogen and oxygen atoms in total. The third kappa shape index (κ3) is 3.43. The monoisotopic (exact) mass is 334 g/mol. The zero-order valence-corrected chi connectivity index (χ0v) is 13.4. The van der Waals surface area contributed by atoms with Gasteiger partial charge in [-0.15, -0.1) is 0 Å². The average molecular weight is 334 g/mol. The molecule has 3 heterocycles. The molecule has 1 amide bonds. The Balaban J connectivity index is 1.75. The highest BCUT2D eigenvalue weighted by molar-refractivity contribution is 5.77. The number of nitrogens with zero attached hydrogens (tertiary/aromatic N) is 4. The molecule has 0 spiro atoms. The second-order valence-electron chi connectivity index (χ2n) is 5.69. The highest BCUT2D eigenvalue weighted by Gasteiger charge is 2.43. The van der Waals surface area contributed by atoms with Crippen molar-refractivity contribution in [2.45, 2.75) is 25.4 Å². The quantitative estimate of drug-likeness (QED) is 0.831. The highest BCUT2D eigenvalue weighted by Crippen LogP contribution is 2.35. The van der Waals surface area contributed by atoms with Crippen molar-refractivity contribution in [3.63, 3.8) is 0 Å². The Kier molecular flexibility index (Phi) is 4.84. The van der Waals surface area contributed by atoms with Crippen LogP contribution in [0.5, 0.6) is 0 Å². The van der Waals surface area contributed by atoms with Crippen molar-refractivity contribution in [3.8, 4) is 11.4 Å². The summed E-state index contributed by atoms with van der Waals surface area (Å²) in [7, 11) is 0. The Hall–Kier alpha value is -2.35. The minimum absolute atomic E-state index is 0.0443. The van der Waals surface area contributed by atoms with Crippen LogP contribution in [0.3, 0.4) is 0 Å². The molecule has 2 aromatic heterocycles. The molecule has 0 radical (unpaired) electrons. The van der Waals surface area contributed by atoms with Gasteiger partial charge >= 0.3 is 0 Å². The molecule has 1 unspecified atom stereocenters. The first-order valence-corrected chi connectivity index (χ1v) is 7.91. The van der Waals surface area contributed by atoms with Crippen molar-refractivity contribution in [1.82, 2.24) is 20.0 Å². The van der Waals surface area contributed by atoms with Crippen LogP contribution in [0.25, 0.3) is 11.4 Å². The molecule has 128 valence electrons. The fraction of sp³-hybridized carbons (Fsp3) is 0.500. The molecular formula is C16H19FN4O3. The lowest BCUT2D eigenvalue weighted by molar-refractivity contribution is -0.141. The largest absolute Gasteiger partial charge is 0.372 e. The maximum absolute atomic E-state index is 15.3. The summed E-state index contributed by atoms with van der Waals surface area (Å²) >= 11 is 0. The molecule has 0 aliphatic carbocycles. The number of carbonyl (C=O) groups is 1. The number of ether oxygens (including phenoxy) is 1. The van der Waals surface area contributed by atoms with Gasteiger partial charge in [-0.2, -0.15) is 4.98 Å². The molecule has 8 heteroatoms. The van der Waals surface area contributed by atoms with Crippen molar-refractivity contribution >= 4 is 5.91 Å².